The van der Waals surface area contributed by atoms with E-state index < -0.39 is 16.1 Å². The summed E-state index contributed by atoms with van der Waals surface area (Å²) < 4.78 is 25.8. The van der Waals surface area contributed by atoms with Gasteiger partial charge in [-0.25, -0.2) is 8.42 Å². The zero-order valence-electron chi connectivity index (χ0n) is 14.4. The predicted molar refractivity (Wildman–Crippen MR) is 98.8 cm³/mol. The van der Waals surface area contributed by atoms with E-state index in [1.165, 1.54) is 9.87 Å². The summed E-state index contributed by atoms with van der Waals surface area (Å²) in [5, 5.41) is 0. The van der Waals surface area contributed by atoms with Crippen molar-refractivity contribution in [2.24, 2.45) is 0 Å². The van der Waals surface area contributed by atoms with Gasteiger partial charge in [-0.2, -0.15) is 0 Å². The lowest BCUT2D eigenvalue weighted by Crippen LogP contribution is -2.50. The molecule has 0 spiro atoms. The molecule has 1 aliphatic heterocycles. The summed E-state index contributed by atoms with van der Waals surface area (Å²) in [5.74, 6) is -0.177. The minimum absolute atomic E-state index is 0.177. The molecule has 1 heterocycles. The predicted octanol–water partition coefficient (Wildman–Crippen LogP) is 2.43. The van der Waals surface area contributed by atoms with Crippen LogP contribution in [0.5, 0.6) is 0 Å². The number of carbonyl (C=O) groups excluding carboxylic acids is 1. The zero-order valence-corrected chi connectivity index (χ0v) is 15.2. The molecule has 0 radical (unpaired) electrons. The first-order valence-electron chi connectivity index (χ1n) is 8.28. The van der Waals surface area contributed by atoms with Crippen LogP contribution in [0.1, 0.15) is 18.1 Å². The van der Waals surface area contributed by atoms with Crippen molar-refractivity contribution >= 4 is 21.6 Å². The van der Waals surface area contributed by atoms with Gasteiger partial charge in [-0.1, -0.05) is 42.5 Å². The highest BCUT2D eigenvalue weighted by atomic mass is 32.2. The summed E-state index contributed by atoms with van der Waals surface area (Å²) >= 11 is 0. The average Bonchev–Trinajstić information content (AvgIpc) is 2.60. The number of anilines is 1. The number of rotatable bonds is 4. The van der Waals surface area contributed by atoms with Crippen LogP contribution in [-0.2, 0) is 27.8 Å². The summed E-state index contributed by atoms with van der Waals surface area (Å²) in [4.78, 5) is 14.7. The third kappa shape index (κ3) is 3.69. The van der Waals surface area contributed by atoms with E-state index >= 15 is 0 Å². The van der Waals surface area contributed by atoms with Crippen LogP contribution >= 0.6 is 0 Å². The molecule has 2 aromatic carbocycles. The molecular formula is C19H22N2O3S. The Kier molecular flexibility index (Phi) is 4.81. The quantitative estimate of drug-likeness (QED) is 0.843. The Labute approximate surface area is 148 Å². The Morgan fingerprint density at radius 2 is 1.64 bits per heavy atom. The van der Waals surface area contributed by atoms with Crippen molar-refractivity contribution in [3.8, 4) is 0 Å². The number of hydrogen-bond donors (Lipinski definition) is 0. The highest BCUT2D eigenvalue weighted by molar-refractivity contribution is 7.92. The van der Waals surface area contributed by atoms with Crippen molar-refractivity contribution in [3.05, 3.63) is 65.7 Å². The van der Waals surface area contributed by atoms with Crippen LogP contribution in [0.15, 0.2) is 54.6 Å². The number of hydrogen-bond acceptors (Lipinski definition) is 3. The molecule has 0 saturated heterocycles. The molecule has 1 atom stereocenters. The SMILES string of the molecule is CC(C(=O)N1CCc2ccccc2C1)N(c1ccccc1)S(C)(=O)=O. The van der Waals surface area contributed by atoms with Crippen molar-refractivity contribution < 1.29 is 13.2 Å². The van der Waals surface area contributed by atoms with Crippen molar-refractivity contribution in [2.75, 3.05) is 17.1 Å². The fourth-order valence-corrected chi connectivity index (χ4v) is 4.49. The average molecular weight is 358 g/mol. The first-order valence-corrected chi connectivity index (χ1v) is 10.1. The highest BCUT2D eigenvalue weighted by Gasteiger charge is 2.33. The molecule has 3 rings (SSSR count). The van der Waals surface area contributed by atoms with Crippen molar-refractivity contribution in [1.82, 2.24) is 4.90 Å². The van der Waals surface area contributed by atoms with Gasteiger partial charge in [-0.3, -0.25) is 9.10 Å². The van der Waals surface area contributed by atoms with Gasteiger partial charge in [-0.15, -0.1) is 0 Å². The molecular weight excluding hydrogens is 336 g/mol. The van der Waals surface area contributed by atoms with Gasteiger partial charge in [-0.05, 0) is 36.6 Å². The number of sulfonamides is 1. The second-order valence-corrected chi connectivity index (χ2v) is 8.21. The van der Waals surface area contributed by atoms with Gasteiger partial charge in [0.25, 0.3) is 0 Å². The first kappa shape index (κ1) is 17.5. The van der Waals surface area contributed by atoms with Crippen LogP contribution in [0.3, 0.4) is 0 Å². The number of benzene rings is 2. The standard InChI is InChI=1S/C19H22N2O3S/c1-15(21(25(2,23)24)18-10-4-3-5-11-18)19(22)20-13-12-16-8-6-7-9-17(16)14-20/h3-11,15H,12-14H2,1-2H3. The first-order chi connectivity index (χ1) is 11.9. The van der Waals surface area contributed by atoms with E-state index in [-0.39, 0.29) is 5.91 Å². The van der Waals surface area contributed by atoms with Crippen LogP contribution < -0.4 is 4.31 Å². The van der Waals surface area contributed by atoms with Gasteiger partial charge in [0.05, 0.1) is 11.9 Å². The van der Waals surface area contributed by atoms with Gasteiger partial charge in [0, 0.05) is 13.1 Å². The lowest BCUT2D eigenvalue weighted by molar-refractivity contribution is -0.132. The summed E-state index contributed by atoms with van der Waals surface area (Å²) in [7, 11) is -3.58. The highest BCUT2D eigenvalue weighted by Crippen LogP contribution is 2.24. The molecule has 132 valence electrons. The van der Waals surface area contributed by atoms with Crippen LogP contribution in [0, 0.1) is 0 Å². The van der Waals surface area contributed by atoms with E-state index in [0.717, 1.165) is 18.2 Å². The van der Waals surface area contributed by atoms with Crippen LogP contribution in [0.2, 0.25) is 0 Å². The minimum atomic E-state index is -3.58. The lowest BCUT2D eigenvalue weighted by atomic mass is 9.99. The lowest BCUT2D eigenvalue weighted by Gasteiger charge is -2.35. The van der Waals surface area contributed by atoms with E-state index in [1.807, 2.05) is 24.3 Å². The van der Waals surface area contributed by atoms with Crippen molar-refractivity contribution in [2.45, 2.75) is 25.9 Å². The smallest absolute Gasteiger partial charge is 0.246 e. The Bertz CT molecular complexity index is 865. The Balaban J connectivity index is 1.86. The van der Waals surface area contributed by atoms with Gasteiger partial charge in [0.1, 0.15) is 6.04 Å². The van der Waals surface area contributed by atoms with Crippen molar-refractivity contribution in [3.63, 3.8) is 0 Å². The third-order valence-electron chi connectivity index (χ3n) is 4.52. The molecule has 2 aromatic rings. The van der Waals surface area contributed by atoms with Crippen LogP contribution in [0.4, 0.5) is 5.69 Å². The molecule has 0 saturated carbocycles. The molecule has 0 bridgehead atoms. The Hall–Kier alpha value is -2.34. The van der Waals surface area contributed by atoms with E-state index in [0.29, 0.717) is 18.8 Å². The van der Waals surface area contributed by atoms with Crippen molar-refractivity contribution in [1.29, 1.82) is 0 Å². The summed E-state index contributed by atoms with van der Waals surface area (Å²) in [5.41, 5.74) is 2.88. The summed E-state index contributed by atoms with van der Waals surface area (Å²) in [6.45, 7) is 2.77. The van der Waals surface area contributed by atoms with Crippen LogP contribution in [0.25, 0.3) is 0 Å². The van der Waals surface area contributed by atoms with Gasteiger partial charge in [0.15, 0.2) is 0 Å². The van der Waals surface area contributed by atoms with Gasteiger partial charge >= 0.3 is 0 Å². The molecule has 6 heteroatoms. The molecule has 0 fully saturated rings. The number of amides is 1. The fourth-order valence-electron chi connectivity index (χ4n) is 3.33. The van der Waals surface area contributed by atoms with E-state index in [4.69, 9.17) is 0 Å². The molecule has 0 N–H and O–H groups in total. The molecule has 1 amide bonds. The Morgan fingerprint density at radius 3 is 2.28 bits per heavy atom. The van der Waals surface area contributed by atoms with Crippen LogP contribution in [-0.4, -0.2) is 38.1 Å². The summed E-state index contributed by atoms with van der Waals surface area (Å²) in [6, 6.07) is 16.0. The largest absolute Gasteiger partial charge is 0.336 e. The number of para-hydroxylation sites is 1. The Morgan fingerprint density at radius 1 is 1.04 bits per heavy atom. The van der Waals surface area contributed by atoms with E-state index in [9.17, 15) is 13.2 Å². The zero-order chi connectivity index (χ0) is 18.0. The summed E-state index contributed by atoms with van der Waals surface area (Å²) in [6.07, 6.45) is 1.92. The molecule has 5 nitrogen and oxygen atoms in total. The van der Waals surface area contributed by atoms with E-state index in [1.54, 1.807) is 36.1 Å². The second kappa shape index (κ2) is 6.88. The third-order valence-corrected chi connectivity index (χ3v) is 5.76. The maximum Gasteiger partial charge on any atom is 0.246 e. The molecule has 1 aliphatic rings. The van der Waals surface area contributed by atoms with Gasteiger partial charge in [0.2, 0.25) is 15.9 Å². The molecule has 0 aromatic heterocycles. The maximum absolute atomic E-state index is 13.0. The molecule has 0 aliphatic carbocycles. The fraction of sp³-hybridized carbons (Fsp3) is 0.316. The topological polar surface area (TPSA) is 57.7 Å². The normalized spacial score (nSPS) is 15.4. The number of carbonyl (C=O) groups is 1. The molecule has 25 heavy (non-hydrogen) atoms. The number of fused-ring (bicyclic) bond motifs is 1. The number of nitrogens with zero attached hydrogens (tertiary/aromatic N) is 2. The molecule has 1 unspecified atom stereocenters. The minimum Gasteiger partial charge on any atom is -0.336 e. The monoisotopic (exact) mass is 358 g/mol. The second-order valence-electron chi connectivity index (χ2n) is 6.35. The van der Waals surface area contributed by atoms with Gasteiger partial charge < -0.3 is 4.90 Å². The van der Waals surface area contributed by atoms with E-state index in [2.05, 4.69) is 6.07 Å². The maximum atomic E-state index is 13.0.